The van der Waals surface area contributed by atoms with Gasteiger partial charge in [0.05, 0.1) is 6.61 Å². The first-order valence-corrected chi connectivity index (χ1v) is 6.03. The van der Waals surface area contributed by atoms with Gasteiger partial charge >= 0.3 is 5.97 Å². The molecular formula is C14H21NO3. The number of rotatable bonds is 6. The Balaban J connectivity index is 2.77. The van der Waals surface area contributed by atoms with Crippen molar-refractivity contribution in [1.82, 2.24) is 4.90 Å². The highest BCUT2D eigenvalue weighted by molar-refractivity contribution is 5.75. The largest absolute Gasteiger partial charge is 0.493 e. The summed E-state index contributed by atoms with van der Waals surface area (Å²) in [5, 5.41) is 9.17. The van der Waals surface area contributed by atoms with Crippen molar-refractivity contribution in [2.24, 2.45) is 5.92 Å². The van der Waals surface area contributed by atoms with Crippen molar-refractivity contribution in [3.63, 3.8) is 0 Å². The lowest BCUT2D eigenvalue weighted by Crippen LogP contribution is -2.27. The molecule has 0 fully saturated rings. The molecule has 0 aromatic heterocycles. The van der Waals surface area contributed by atoms with E-state index in [0.29, 0.717) is 12.5 Å². The van der Waals surface area contributed by atoms with Gasteiger partial charge in [-0.15, -0.1) is 0 Å². The Bertz CT molecular complexity index is 385. The molecule has 0 aliphatic carbocycles. The third-order valence-corrected chi connectivity index (χ3v) is 2.53. The number of carboxylic acids is 1. The standard InChI is InChI=1S/C14H21NO3/c1-10(2)9-18-12-7-5-11(6-8-12)13(14(16)17)15(3)4/h5-8,10,13H,9H2,1-4H3,(H,16,17). The maximum absolute atomic E-state index is 11.2. The summed E-state index contributed by atoms with van der Waals surface area (Å²) in [6.45, 7) is 4.83. The van der Waals surface area contributed by atoms with E-state index in [0.717, 1.165) is 11.3 Å². The second kappa shape index (κ2) is 6.40. The van der Waals surface area contributed by atoms with Crippen LogP contribution in [0.5, 0.6) is 5.75 Å². The molecule has 0 heterocycles. The Morgan fingerprint density at radius 2 is 1.83 bits per heavy atom. The fourth-order valence-corrected chi connectivity index (χ4v) is 1.67. The molecule has 0 amide bonds. The molecule has 4 nitrogen and oxygen atoms in total. The van der Waals surface area contributed by atoms with E-state index in [4.69, 9.17) is 9.84 Å². The molecule has 1 aromatic carbocycles. The van der Waals surface area contributed by atoms with Crippen LogP contribution in [-0.2, 0) is 4.79 Å². The van der Waals surface area contributed by atoms with Gasteiger partial charge in [-0.2, -0.15) is 0 Å². The van der Waals surface area contributed by atoms with E-state index in [2.05, 4.69) is 13.8 Å². The Labute approximate surface area is 108 Å². The van der Waals surface area contributed by atoms with Crippen LogP contribution < -0.4 is 4.74 Å². The SMILES string of the molecule is CC(C)COc1ccc(C(C(=O)O)N(C)C)cc1. The highest BCUT2D eigenvalue weighted by atomic mass is 16.5. The number of ether oxygens (including phenoxy) is 1. The molecule has 0 aliphatic heterocycles. The lowest BCUT2D eigenvalue weighted by atomic mass is 10.1. The van der Waals surface area contributed by atoms with Crippen LogP contribution in [0.1, 0.15) is 25.5 Å². The molecule has 100 valence electrons. The molecule has 1 N–H and O–H groups in total. The first kappa shape index (κ1) is 14.5. The summed E-state index contributed by atoms with van der Waals surface area (Å²) in [7, 11) is 3.50. The monoisotopic (exact) mass is 251 g/mol. The molecule has 1 aromatic rings. The molecule has 1 rings (SSSR count). The van der Waals surface area contributed by atoms with Gasteiger partial charge in [-0.1, -0.05) is 26.0 Å². The number of carboxylic acid groups (broad SMARTS) is 1. The summed E-state index contributed by atoms with van der Waals surface area (Å²) in [6, 6.07) is 6.61. The maximum atomic E-state index is 11.2. The van der Waals surface area contributed by atoms with Gasteiger partial charge in [-0.3, -0.25) is 9.69 Å². The average Bonchev–Trinajstić information content (AvgIpc) is 2.27. The molecule has 18 heavy (non-hydrogen) atoms. The number of hydrogen-bond acceptors (Lipinski definition) is 3. The second-order valence-corrected chi connectivity index (χ2v) is 4.98. The van der Waals surface area contributed by atoms with Crippen LogP contribution in [0.2, 0.25) is 0 Å². The zero-order chi connectivity index (χ0) is 13.7. The van der Waals surface area contributed by atoms with E-state index in [9.17, 15) is 4.79 Å². The van der Waals surface area contributed by atoms with Crippen LogP contribution in [0.15, 0.2) is 24.3 Å². The maximum Gasteiger partial charge on any atom is 0.325 e. The smallest absolute Gasteiger partial charge is 0.325 e. The van der Waals surface area contributed by atoms with Crippen molar-refractivity contribution in [1.29, 1.82) is 0 Å². The van der Waals surface area contributed by atoms with Crippen molar-refractivity contribution in [3.8, 4) is 5.75 Å². The van der Waals surface area contributed by atoms with E-state index in [1.54, 1.807) is 31.1 Å². The highest BCUT2D eigenvalue weighted by Gasteiger charge is 2.21. The van der Waals surface area contributed by atoms with E-state index in [-0.39, 0.29) is 0 Å². The van der Waals surface area contributed by atoms with Crippen LogP contribution >= 0.6 is 0 Å². The predicted molar refractivity (Wildman–Crippen MR) is 70.8 cm³/mol. The van der Waals surface area contributed by atoms with E-state index in [1.807, 2.05) is 12.1 Å². The fraction of sp³-hybridized carbons (Fsp3) is 0.500. The van der Waals surface area contributed by atoms with E-state index in [1.165, 1.54) is 0 Å². The van der Waals surface area contributed by atoms with Gasteiger partial charge in [0.15, 0.2) is 0 Å². The normalized spacial score (nSPS) is 12.8. The van der Waals surface area contributed by atoms with Gasteiger partial charge in [0, 0.05) is 0 Å². The minimum absolute atomic E-state index is 0.471. The van der Waals surface area contributed by atoms with Crippen LogP contribution in [0.25, 0.3) is 0 Å². The first-order chi connectivity index (χ1) is 8.41. The van der Waals surface area contributed by atoms with Crippen LogP contribution in [0.4, 0.5) is 0 Å². The number of nitrogens with zero attached hydrogens (tertiary/aromatic N) is 1. The number of hydrogen-bond donors (Lipinski definition) is 1. The number of benzene rings is 1. The summed E-state index contributed by atoms with van der Waals surface area (Å²) < 4.78 is 5.56. The Morgan fingerprint density at radius 3 is 2.22 bits per heavy atom. The molecule has 0 aliphatic rings. The molecule has 0 saturated carbocycles. The summed E-state index contributed by atoms with van der Waals surface area (Å²) in [4.78, 5) is 12.8. The zero-order valence-corrected chi connectivity index (χ0v) is 11.4. The van der Waals surface area contributed by atoms with Gasteiger partial charge in [-0.25, -0.2) is 0 Å². The Morgan fingerprint density at radius 1 is 1.28 bits per heavy atom. The zero-order valence-electron chi connectivity index (χ0n) is 11.4. The molecule has 0 saturated heterocycles. The summed E-state index contributed by atoms with van der Waals surface area (Å²) in [6.07, 6.45) is 0. The van der Waals surface area contributed by atoms with E-state index >= 15 is 0 Å². The summed E-state index contributed by atoms with van der Waals surface area (Å²) >= 11 is 0. The van der Waals surface area contributed by atoms with Gasteiger partial charge < -0.3 is 9.84 Å². The summed E-state index contributed by atoms with van der Waals surface area (Å²) in [5.41, 5.74) is 0.754. The van der Waals surface area contributed by atoms with Crippen molar-refractivity contribution in [2.45, 2.75) is 19.9 Å². The number of aliphatic carboxylic acids is 1. The Hall–Kier alpha value is -1.55. The fourth-order valence-electron chi connectivity index (χ4n) is 1.67. The Kier molecular flexibility index (Phi) is 5.16. The molecule has 1 atom stereocenters. The molecule has 0 spiro atoms. The molecular weight excluding hydrogens is 230 g/mol. The minimum Gasteiger partial charge on any atom is -0.493 e. The van der Waals surface area contributed by atoms with Crippen molar-refractivity contribution in [3.05, 3.63) is 29.8 Å². The molecule has 0 radical (unpaired) electrons. The van der Waals surface area contributed by atoms with Gasteiger partial charge in [-0.05, 0) is 37.7 Å². The van der Waals surface area contributed by atoms with Crippen molar-refractivity contribution in [2.75, 3.05) is 20.7 Å². The third kappa shape index (κ3) is 4.04. The first-order valence-electron chi connectivity index (χ1n) is 6.03. The van der Waals surface area contributed by atoms with Gasteiger partial charge in [0.25, 0.3) is 0 Å². The van der Waals surface area contributed by atoms with Crippen LogP contribution in [-0.4, -0.2) is 36.7 Å². The molecule has 1 unspecified atom stereocenters. The number of carbonyl (C=O) groups is 1. The molecule has 4 heteroatoms. The quantitative estimate of drug-likeness (QED) is 0.843. The topological polar surface area (TPSA) is 49.8 Å². The minimum atomic E-state index is -0.851. The molecule has 0 bridgehead atoms. The highest BCUT2D eigenvalue weighted by Crippen LogP contribution is 2.21. The van der Waals surface area contributed by atoms with Crippen LogP contribution in [0, 0.1) is 5.92 Å². The predicted octanol–water partition coefficient (Wildman–Crippen LogP) is 2.41. The van der Waals surface area contributed by atoms with Crippen LogP contribution in [0.3, 0.4) is 0 Å². The number of likely N-dealkylation sites (N-methyl/N-ethyl adjacent to an activating group) is 1. The van der Waals surface area contributed by atoms with Gasteiger partial charge in [0.2, 0.25) is 0 Å². The van der Waals surface area contributed by atoms with Crippen molar-refractivity contribution >= 4 is 5.97 Å². The second-order valence-electron chi connectivity index (χ2n) is 4.98. The van der Waals surface area contributed by atoms with Gasteiger partial charge in [0.1, 0.15) is 11.8 Å². The van der Waals surface area contributed by atoms with E-state index < -0.39 is 12.0 Å². The lowest BCUT2D eigenvalue weighted by Gasteiger charge is -2.20. The third-order valence-electron chi connectivity index (χ3n) is 2.53. The lowest BCUT2D eigenvalue weighted by molar-refractivity contribution is -0.142. The average molecular weight is 251 g/mol. The summed E-state index contributed by atoms with van der Waals surface area (Å²) in [5.74, 6) is 0.393. The van der Waals surface area contributed by atoms with Crippen molar-refractivity contribution < 1.29 is 14.6 Å².